The van der Waals surface area contributed by atoms with E-state index < -0.39 is 10.2 Å². The zero-order valence-corrected chi connectivity index (χ0v) is 13.4. The first-order valence-corrected chi connectivity index (χ1v) is 9.01. The van der Waals surface area contributed by atoms with Gasteiger partial charge in [-0.05, 0) is 25.3 Å². The Morgan fingerprint density at radius 2 is 1.90 bits per heavy atom. The third-order valence-electron chi connectivity index (χ3n) is 4.15. The molecule has 0 amide bonds. The highest BCUT2D eigenvalue weighted by Crippen LogP contribution is 2.22. The second-order valence-corrected chi connectivity index (χ2v) is 7.63. The molecule has 2 heterocycles. The van der Waals surface area contributed by atoms with E-state index in [2.05, 4.69) is 19.2 Å². The third-order valence-corrected chi connectivity index (χ3v) is 6.15. The summed E-state index contributed by atoms with van der Waals surface area (Å²) in [6.07, 6.45) is 2.00. The number of hydrogen-bond acceptors (Lipinski definition) is 4. The van der Waals surface area contributed by atoms with Gasteiger partial charge in [-0.2, -0.15) is 17.0 Å². The van der Waals surface area contributed by atoms with Gasteiger partial charge < -0.3 is 10.1 Å². The zero-order valence-electron chi connectivity index (χ0n) is 12.5. The van der Waals surface area contributed by atoms with Crippen LogP contribution in [0.25, 0.3) is 0 Å². The number of nitrogens with one attached hydrogen (secondary N) is 1. The van der Waals surface area contributed by atoms with Crippen LogP contribution in [0.2, 0.25) is 0 Å². The molecular weight excluding hydrogens is 278 g/mol. The highest BCUT2D eigenvalue weighted by Gasteiger charge is 2.36. The van der Waals surface area contributed by atoms with Gasteiger partial charge in [-0.15, -0.1) is 0 Å². The van der Waals surface area contributed by atoms with Crippen molar-refractivity contribution in [1.82, 2.24) is 13.9 Å². The van der Waals surface area contributed by atoms with Gasteiger partial charge in [0.2, 0.25) is 0 Å². The molecule has 2 aliphatic heterocycles. The second kappa shape index (κ2) is 7.17. The van der Waals surface area contributed by atoms with Crippen molar-refractivity contribution in [2.45, 2.75) is 32.7 Å². The standard InChI is InChI=1S/C13H27N3O3S/c1-3-5-14-13-4-6-16(11-12(13)2)20(17,18)15-7-9-19-10-8-15/h12-14H,3-11H2,1-2H3. The van der Waals surface area contributed by atoms with Crippen LogP contribution in [0.1, 0.15) is 26.7 Å². The van der Waals surface area contributed by atoms with Crippen molar-refractivity contribution in [2.24, 2.45) is 5.92 Å². The summed E-state index contributed by atoms with van der Waals surface area (Å²) in [5.41, 5.74) is 0. The van der Waals surface area contributed by atoms with Gasteiger partial charge in [-0.3, -0.25) is 0 Å². The molecule has 20 heavy (non-hydrogen) atoms. The van der Waals surface area contributed by atoms with Crippen molar-refractivity contribution in [3.63, 3.8) is 0 Å². The molecular formula is C13H27N3O3S. The first-order chi connectivity index (χ1) is 9.55. The number of rotatable bonds is 5. The Morgan fingerprint density at radius 3 is 2.50 bits per heavy atom. The van der Waals surface area contributed by atoms with Crippen molar-refractivity contribution < 1.29 is 13.2 Å². The summed E-state index contributed by atoms with van der Waals surface area (Å²) in [5, 5.41) is 3.52. The fourth-order valence-corrected chi connectivity index (χ4v) is 4.59. The summed E-state index contributed by atoms with van der Waals surface area (Å²) in [5.74, 6) is 0.353. The first kappa shape index (κ1) is 16.2. The molecule has 0 aliphatic carbocycles. The zero-order chi connectivity index (χ0) is 14.6. The minimum absolute atomic E-state index is 0.353. The van der Waals surface area contributed by atoms with Crippen LogP contribution < -0.4 is 5.32 Å². The van der Waals surface area contributed by atoms with Crippen molar-refractivity contribution >= 4 is 10.2 Å². The lowest BCUT2D eigenvalue weighted by Crippen LogP contribution is -2.55. The minimum atomic E-state index is -3.30. The number of ether oxygens (including phenoxy) is 1. The first-order valence-electron chi connectivity index (χ1n) is 7.62. The van der Waals surface area contributed by atoms with Crippen LogP contribution in [0.3, 0.4) is 0 Å². The molecule has 2 unspecified atom stereocenters. The summed E-state index contributed by atoms with van der Waals surface area (Å²) in [7, 11) is -3.30. The predicted molar refractivity (Wildman–Crippen MR) is 78.7 cm³/mol. The maximum Gasteiger partial charge on any atom is 0.282 e. The highest BCUT2D eigenvalue weighted by atomic mass is 32.2. The average molecular weight is 305 g/mol. The number of piperidine rings is 1. The molecule has 0 aromatic carbocycles. The molecule has 2 saturated heterocycles. The monoisotopic (exact) mass is 305 g/mol. The third kappa shape index (κ3) is 3.71. The van der Waals surface area contributed by atoms with Crippen molar-refractivity contribution in [1.29, 1.82) is 0 Å². The lowest BCUT2D eigenvalue weighted by atomic mass is 9.95. The maximum absolute atomic E-state index is 12.6. The van der Waals surface area contributed by atoms with Gasteiger partial charge in [-0.25, -0.2) is 0 Å². The van der Waals surface area contributed by atoms with Gasteiger partial charge in [0.05, 0.1) is 13.2 Å². The molecule has 2 rings (SSSR count). The summed E-state index contributed by atoms with van der Waals surface area (Å²) >= 11 is 0. The van der Waals surface area contributed by atoms with Crippen molar-refractivity contribution in [3.05, 3.63) is 0 Å². The van der Waals surface area contributed by atoms with Gasteiger partial charge >= 0.3 is 0 Å². The van der Waals surface area contributed by atoms with Crippen LogP contribution in [0.15, 0.2) is 0 Å². The summed E-state index contributed by atoms with van der Waals surface area (Å²) in [4.78, 5) is 0. The fraction of sp³-hybridized carbons (Fsp3) is 1.00. The van der Waals surface area contributed by atoms with Crippen LogP contribution in [0.4, 0.5) is 0 Å². The van der Waals surface area contributed by atoms with Gasteiger partial charge in [0.15, 0.2) is 0 Å². The van der Waals surface area contributed by atoms with Crippen LogP contribution in [0, 0.1) is 5.92 Å². The fourth-order valence-electron chi connectivity index (χ4n) is 2.89. The predicted octanol–water partition coefficient (Wildman–Crippen LogP) is 0.273. The molecule has 0 aromatic heterocycles. The van der Waals surface area contributed by atoms with Crippen LogP contribution >= 0.6 is 0 Å². The number of morpholine rings is 1. The molecule has 2 aliphatic rings. The van der Waals surface area contributed by atoms with E-state index >= 15 is 0 Å². The molecule has 0 radical (unpaired) electrons. The van der Waals surface area contributed by atoms with E-state index in [-0.39, 0.29) is 0 Å². The average Bonchev–Trinajstić information content (AvgIpc) is 2.47. The quantitative estimate of drug-likeness (QED) is 0.792. The van der Waals surface area contributed by atoms with Gasteiger partial charge in [0.25, 0.3) is 10.2 Å². The normalized spacial score (nSPS) is 30.5. The summed E-state index contributed by atoms with van der Waals surface area (Å²) < 4.78 is 33.6. The van der Waals surface area contributed by atoms with E-state index in [4.69, 9.17) is 4.74 Å². The Kier molecular flexibility index (Phi) is 5.80. The topological polar surface area (TPSA) is 61.9 Å². The summed E-state index contributed by atoms with van der Waals surface area (Å²) in [6, 6.07) is 0.436. The molecule has 0 bridgehead atoms. The van der Waals surface area contributed by atoms with Crippen molar-refractivity contribution in [2.75, 3.05) is 45.9 Å². The highest BCUT2D eigenvalue weighted by molar-refractivity contribution is 7.86. The molecule has 0 aromatic rings. The maximum atomic E-state index is 12.6. The largest absolute Gasteiger partial charge is 0.379 e. The smallest absolute Gasteiger partial charge is 0.282 e. The Bertz CT molecular complexity index is 396. The number of hydrogen-bond donors (Lipinski definition) is 1. The van der Waals surface area contributed by atoms with E-state index in [0.29, 0.717) is 51.4 Å². The van der Waals surface area contributed by atoms with Gasteiger partial charge in [-0.1, -0.05) is 13.8 Å². The van der Waals surface area contributed by atoms with Crippen LogP contribution in [-0.2, 0) is 14.9 Å². The summed E-state index contributed by atoms with van der Waals surface area (Å²) in [6.45, 7) is 8.48. The van der Waals surface area contributed by atoms with Crippen LogP contribution in [-0.4, -0.2) is 69.0 Å². The number of nitrogens with zero attached hydrogens (tertiary/aromatic N) is 2. The lowest BCUT2D eigenvalue weighted by molar-refractivity contribution is 0.0686. The van der Waals surface area contributed by atoms with E-state index in [9.17, 15) is 8.42 Å². The Hall–Kier alpha value is -0.210. The molecule has 2 fully saturated rings. The molecule has 0 spiro atoms. The Labute approximate surface area is 122 Å². The Balaban J connectivity index is 1.93. The Morgan fingerprint density at radius 1 is 1.20 bits per heavy atom. The van der Waals surface area contributed by atoms with Gasteiger partial charge in [0.1, 0.15) is 0 Å². The van der Waals surface area contributed by atoms with Gasteiger partial charge in [0, 0.05) is 32.2 Å². The minimum Gasteiger partial charge on any atom is -0.379 e. The molecule has 118 valence electrons. The molecule has 2 atom stereocenters. The van der Waals surface area contributed by atoms with E-state index in [1.54, 1.807) is 8.61 Å². The van der Waals surface area contributed by atoms with E-state index in [1.165, 1.54) is 0 Å². The van der Waals surface area contributed by atoms with E-state index in [1.807, 2.05) is 0 Å². The SMILES string of the molecule is CCCNC1CCN(S(=O)(=O)N2CCOCC2)CC1C. The van der Waals surface area contributed by atoms with E-state index in [0.717, 1.165) is 19.4 Å². The second-order valence-electron chi connectivity index (χ2n) is 5.70. The molecule has 1 N–H and O–H groups in total. The molecule has 6 nitrogen and oxygen atoms in total. The molecule has 7 heteroatoms. The van der Waals surface area contributed by atoms with Crippen molar-refractivity contribution in [3.8, 4) is 0 Å². The lowest BCUT2D eigenvalue weighted by Gasteiger charge is -2.39. The molecule has 0 saturated carbocycles. The van der Waals surface area contributed by atoms with Crippen LogP contribution in [0.5, 0.6) is 0 Å².